The molecule has 0 bridgehead atoms. The molecule has 0 aliphatic carbocycles. The third-order valence-corrected chi connectivity index (χ3v) is 4.30. The van der Waals surface area contributed by atoms with Crippen LogP contribution in [0.25, 0.3) is 0 Å². The Kier molecular flexibility index (Phi) is 5.63. The molecule has 5 nitrogen and oxygen atoms in total. The summed E-state index contributed by atoms with van der Waals surface area (Å²) >= 11 is 0.896. The molecule has 1 aliphatic rings. The van der Waals surface area contributed by atoms with Gasteiger partial charge < -0.3 is 15.4 Å². The molecular formula is C13H18F3N3O2S. The average molecular weight is 337 g/mol. The van der Waals surface area contributed by atoms with E-state index in [9.17, 15) is 18.0 Å². The maximum absolute atomic E-state index is 12.6. The number of carbonyl (C=O) groups excluding carboxylic acids is 1. The summed E-state index contributed by atoms with van der Waals surface area (Å²) in [6, 6.07) is -0.961. The summed E-state index contributed by atoms with van der Waals surface area (Å²) in [5, 5.41) is 6.54. The second-order valence-corrected chi connectivity index (χ2v) is 5.91. The van der Waals surface area contributed by atoms with Gasteiger partial charge in [-0.15, -0.1) is 11.3 Å². The zero-order valence-electron chi connectivity index (χ0n) is 12.1. The molecule has 2 N–H and O–H groups in total. The topological polar surface area (TPSA) is 63.2 Å². The van der Waals surface area contributed by atoms with Crippen LogP contribution in [0.5, 0.6) is 0 Å². The minimum atomic E-state index is -4.46. The molecule has 0 radical (unpaired) electrons. The minimum Gasteiger partial charge on any atom is -0.376 e. The molecule has 0 spiro atoms. The van der Waals surface area contributed by atoms with Crippen molar-refractivity contribution in [3.05, 3.63) is 16.1 Å². The van der Waals surface area contributed by atoms with Gasteiger partial charge in [-0.25, -0.2) is 9.78 Å². The first kappa shape index (κ1) is 17.0. The number of nitrogens with zero attached hydrogens (tertiary/aromatic N) is 1. The predicted octanol–water partition coefficient (Wildman–Crippen LogP) is 3.09. The molecule has 2 atom stereocenters. The summed E-state index contributed by atoms with van der Waals surface area (Å²) in [5.41, 5.74) is -0.924. The molecule has 2 amide bonds. The smallest absolute Gasteiger partial charge is 0.376 e. The highest BCUT2D eigenvalue weighted by Gasteiger charge is 2.34. The maximum Gasteiger partial charge on any atom is 0.434 e. The number of halogens is 3. The van der Waals surface area contributed by atoms with Crippen LogP contribution in [0.1, 0.15) is 42.9 Å². The first-order chi connectivity index (χ1) is 10.4. The lowest BCUT2D eigenvalue weighted by atomic mass is 10.2. The Morgan fingerprint density at radius 2 is 2.36 bits per heavy atom. The molecule has 2 rings (SSSR count). The van der Waals surface area contributed by atoms with Crippen molar-refractivity contribution < 1.29 is 22.7 Å². The SMILES string of the molecule is CC[C@H](NC(=O)NC[C@@H]1CCCO1)c1nc(C(F)(F)F)cs1. The number of hydrogen-bond donors (Lipinski definition) is 2. The summed E-state index contributed by atoms with van der Waals surface area (Å²) < 4.78 is 43.0. The Labute approximate surface area is 130 Å². The highest BCUT2D eigenvalue weighted by Crippen LogP contribution is 2.32. The standard InChI is InChI=1S/C13H18F3N3O2S/c1-2-9(11-19-10(7-22-11)13(14,15)16)18-12(20)17-6-8-4-3-5-21-8/h7-9H,2-6H2,1H3,(H2,17,18,20)/t8-,9-/m0/s1. The average Bonchev–Trinajstić information content (AvgIpc) is 3.12. The van der Waals surface area contributed by atoms with Gasteiger partial charge in [0.1, 0.15) is 5.01 Å². The van der Waals surface area contributed by atoms with E-state index >= 15 is 0 Å². The van der Waals surface area contributed by atoms with Gasteiger partial charge in [0.15, 0.2) is 5.69 Å². The van der Waals surface area contributed by atoms with E-state index in [1.165, 1.54) is 0 Å². The van der Waals surface area contributed by atoms with E-state index in [4.69, 9.17) is 4.74 Å². The summed E-state index contributed by atoms with van der Waals surface area (Å²) in [6.07, 6.45) is -2.11. The van der Waals surface area contributed by atoms with E-state index in [0.717, 1.165) is 29.6 Å². The molecule has 0 aromatic carbocycles. The van der Waals surface area contributed by atoms with Gasteiger partial charge in [0.25, 0.3) is 0 Å². The number of thiazole rings is 1. The first-order valence-corrected chi connectivity index (χ1v) is 7.96. The minimum absolute atomic E-state index is 0.0162. The normalized spacial score (nSPS) is 19.9. The lowest BCUT2D eigenvalue weighted by molar-refractivity contribution is -0.140. The zero-order chi connectivity index (χ0) is 16.2. The quantitative estimate of drug-likeness (QED) is 0.868. The van der Waals surface area contributed by atoms with E-state index in [-0.39, 0.29) is 11.1 Å². The van der Waals surface area contributed by atoms with Crippen molar-refractivity contribution in [1.29, 1.82) is 0 Å². The van der Waals surface area contributed by atoms with Gasteiger partial charge in [-0.3, -0.25) is 0 Å². The number of alkyl halides is 3. The second-order valence-electron chi connectivity index (χ2n) is 5.02. The second kappa shape index (κ2) is 7.28. The lowest BCUT2D eigenvalue weighted by Gasteiger charge is -2.16. The molecular weight excluding hydrogens is 319 g/mol. The van der Waals surface area contributed by atoms with Crippen molar-refractivity contribution in [1.82, 2.24) is 15.6 Å². The Bertz CT molecular complexity index is 501. The number of rotatable bonds is 5. The number of carbonyl (C=O) groups is 1. The Hall–Kier alpha value is -1.35. The number of aromatic nitrogens is 1. The van der Waals surface area contributed by atoms with Crippen LogP contribution in [0.2, 0.25) is 0 Å². The van der Waals surface area contributed by atoms with E-state index in [0.29, 0.717) is 19.6 Å². The van der Waals surface area contributed by atoms with Crippen molar-refractivity contribution in [3.8, 4) is 0 Å². The maximum atomic E-state index is 12.6. The van der Waals surface area contributed by atoms with Crippen LogP contribution in [-0.2, 0) is 10.9 Å². The first-order valence-electron chi connectivity index (χ1n) is 7.08. The van der Waals surface area contributed by atoms with E-state index in [1.54, 1.807) is 6.92 Å². The largest absolute Gasteiger partial charge is 0.434 e. The zero-order valence-corrected chi connectivity index (χ0v) is 12.9. The van der Waals surface area contributed by atoms with Gasteiger partial charge in [-0.05, 0) is 19.3 Å². The monoisotopic (exact) mass is 337 g/mol. The molecule has 9 heteroatoms. The fourth-order valence-electron chi connectivity index (χ4n) is 2.14. The van der Waals surface area contributed by atoms with E-state index < -0.39 is 23.9 Å². The third kappa shape index (κ3) is 4.57. The van der Waals surface area contributed by atoms with Crippen LogP contribution in [0.15, 0.2) is 5.38 Å². The van der Waals surface area contributed by atoms with Crippen molar-refractivity contribution in [3.63, 3.8) is 0 Å². The molecule has 2 heterocycles. The predicted molar refractivity (Wildman–Crippen MR) is 75.7 cm³/mol. The van der Waals surface area contributed by atoms with Crippen LogP contribution in [0.3, 0.4) is 0 Å². The number of urea groups is 1. The van der Waals surface area contributed by atoms with Crippen molar-refractivity contribution >= 4 is 17.4 Å². The summed E-state index contributed by atoms with van der Waals surface area (Å²) in [6.45, 7) is 2.87. The van der Waals surface area contributed by atoms with Gasteiger partial charge in [0, 0.05) is 18.5 Å². The highest BCUT2D eigenvalue weighted by molar-refractivity contribution is 7.09. The van der Waals surface area contributed by atoms with Crippen LogP contribution >= 0.6 is 11.3 Å². The van der Waals surface area contributed by atoms with E-state index in [1.807, 2.05) is 0 Å². The van der Waals surface area contributed by atoms with Gasteiger partial charge in [-0.1, -0.05) is 6.92 Å². The van der Waals surface area contributed by atoms with Crippen LogP contribution in [0.4, 0.5) is 18.0 Å². The summed E-state index contributed by atoms with van der Waals surface area (Å²) in [7, 11) is 0. The molecule has 1 fully saturated rings. The summed E-state index contributed by atoms with van der Waals surface area (Å²) in [4.78, 5) is 15.4. The van der Waals surface area contributed by atoms with Crippen LogP contribution < -0.4 is 10.6 Å². The lowest BCUT2D eigenvalue weighted by Crippen LogP contribution is -2.41. The number of ether oxygens (including phenoxy) is 1. The number of nitrogens with one attached hydrogen (secondary N) is 2. The van der Waals surface area contributed by atoms with Gasteiger partial charge in [-0.2, -0.15) is 13.2 Å². The molecule has 1 aromatic heterocycles. The Balaban J connectivity index is 1.88. The molecule has 1 aromatic rings. The van der Waals surface area contributed by atoms with E-state index in [2.05, 4.69) is 15.6 Å². The van der Waals surface area contributed by atoms with Crippen LogP contribution in [-0.4, -0.2) is 30.3 Å². The van der Waals surface area contributed by atoms with Crippen LogP contribution in [0, 0.1) is 0 Å². The van der Waals surface area contributed by atoms with Gasteiger partial charge in [0.05, 0.1) is 12.1 Å². The van der Waals surface area contributed by atoms with Crippen molar-refractivity contribution in [2.24, 2.45) is 0 Å². The molecule has 0 unspecified atom stereocenters. The number of amides is 2. The summed E-state index contributed by atoms with van der Waals surface area (Å²) in [5.74, 6) is 0. The molecule has 22 heavy (non-hydrogen) atoms. The molecule has 1 saturated heterocycles. The van der Waals surface area contributed by atoms with Crippen molar-refractivity contribution in [2.75, 3.05) is 13.2 Å². The van der Waals surface area contributed by atoms with Crippen molar-refractivity contribution in [2.45, 2.75) is 44.5 Å². The van der Waals surface area contributed by atoms with Gasteiger partial charge >= 0.3 is 12.2 Å². The fraction of sp³-hybridized carbons (Fsp3) is 0.692. The Morgan fingerprint density at radius 1 is 1.59 bits per heavy atom. The Morgan fingerprint density at radius 3 is 2.91 bits per heavy atom. The molecule has 124 valence electrons. The third-order valence-electron chi connectivity index (χ3n) is 3.34. The number of hydrogen-bond acceptors (Lipinski definition) is 4. The molecule has 1 aliphatic heterocycles. The fourth-order valence-corrected chi connectivity index (χ4v) is 3.10. The highest BCUT2D eigenvalue weighted by atomic mass is 32.1. The molecule has 0 saturated carbocycles. The van der Waals surface area contributed by atoms with Gasteiger partial charge in [0.2, 0.25) is 0 Å².